The number of hydrogen-bond donors (Lipinski definition) is 1. The number of anilines is 1. The number of methoxy groups -OCH3 is 1. The lowest BCUT2D eigenvalue weighted by atomic mass is 9.99. The third kappa shape index (κ3) is 4.14. The summed E-state index contributed by atoms with van der Waals surface area (Å²) < 4.78 is 9.21. The molecule has 174 valence electrons. The van der Waals surface area contributed by atoms with Crippen LogP contribution in [-0.4, -0.2) is 48.0 Å². The van der Waals surface area contributed by atoms with Gasteiger partial charge in [-0.25, -0.2) is 9.67 Å². The Kier molecular flexibility index (Phi) is 5.56. The molecule has 1 N–H and O–H groups in total. The van der Waals surface area contributed by atoms with Crippen LogP contribution in [0.1, 0.15) is 54.7 Å². The van der Waals surface area contributed by atoms with Crippen molar-refractivity contribution in [3.8, 4) is 28.4 Å². The molecule has 0 atom stereocenters. The smallest absolute Gasteiger partial charge is 0.260 e. The van der Waals surface area contributed by atoms with Crippen molar-refractivity contribution in [2.24, 2.45) is 0 Å². The number of aromatic nitrogens is 7. The molecule has 0 spiro atoms. The number of tetrazole rings is 1. The van der Waals surface area contributed by atoms with Gasteiger partial charge < -0.3 is 10.1 Å². The van der Waals surface area contributed by atoms with E-state index in [1.165, 1.54) is 0 Å². The monoisotopic (exact) mass is 458 g/mol. The van der Waals surface area contributed by atoms with Crippen LogP contribution in [-0.2, 0) is 0 Å². The maximum Gasteiger partial charge on any atom is 0.260 e. The Bertz CT molecular complexity index is 1350. The highest BCUT2D eigenvalue weighted by Crippen LogP contribution is 2.36. The van der Waals surface area contributed by atoms with Gasteiger partial charge in [0.2, 0.25) is 5.82 Å². The summed E-state index contributed by atoms with van der Waals surface area (Å²) in [6.07, 6.45) is 6.20. The van der Waals surface area contributed by atoms with Gasteiger partial charge in [-0.15, -0.1) is 5.10 Å². The average Bonchev–Trinajstić information content (AvgIpc) is 3.34. The van der Waals surface area contributed by atoms with Gasteiger partial charge in [0.05, 0.1) is 31.0 Å². The molecule has 10 heteroatoms. The lowest BCUT2D eigenvalue weighted by Gasteiger charge is -2.13. The fourth-order valence-corrected chi connectivity index (χ4v) is 3.88. The largest absolute Gasteiger partial charge is 0.496 e. The van der Waals surface area contributed by atoms with Gasteiger partial charge in [0, 0.05) is 11.8 Å². The third-order valence-corrected chi connectivity index (χ3v) is 5.83. The summed E-state index contributed by atoms with van der Waals surface area (Å²) in [6.45, 7) is 5.97. The van der Waals surface area contributed by atoms with E-state index in [-0.39, 0.29) is 11.9 Å². The number of carbonyl (C=O) groups is 1. The summed E-state index contributed by atoms with van der Waals surface area (Å²) in [5, 5.41) is 19.2. The Balaban J connectivity index is 1.45. The quantitative estimate of drug-likeness (QED) is 0.444. The number of ether oxygens (including phenoxy) is 1. The molecular formula is C24H26N8O2. The van der Waals surface area contributed by atoms with Crippen molar-refractivity contribution >= 4 is 11.7 Å². The fourth-order valence-electron chi connectivity index (χ4n) is 3.88. The first-order valence-electron chi connectivity index (χ1n) is 11.2. The van der Waals surface area contributed by atoms with Crippen LogP contribution in [0.5, 0.6) is 5.75 Å². The number of aryl methyl sites for hydroxylation is 1. The molecule has 3 aromatic heterocycles. The minimum absolute atomic E-state index is 0.0737. The van der Waals surface area contributed by atoms with Crippen LogP contribution in [0.3, 0.4) is 0 Å². The molecule has 0 saturated heterocycles. The predicted molar refractivity (Wildman–Crippen MR) is 127 cm³/mol. The SMILES string of the molecule is COc1cc(C)c(-c2cnn(C3CC3)c2)cc1C(=O)Nc1cccc(-c2nnnn2C(C)C)n1. The topological polar surface area (TPSA) is 113 Å². The van der Waals surface area contributed by atoms with Gasteiger partial charge >= 0.3 is 0 Å². The first-order chi connectivity index (χ1) is 16.4. The van der Waals surface area contributed by atoms with E-state index in [4.69, 9.17) is 4.74 Å². The predicted octanol–water partition coefficient (Wildman–Crippen LogP) is 4.08. The van der Waals surface area contributed by atoms with E-state index in [9.17, 15) is 4.79 Å². The number of pyridine rings is 1. The maximum absolute atomic E-state index is 13.3. The number of rotatable bonds is 7. The summed E-state index contributed by atoms with van der Waals surface area (Å²) >= 11 is 0. The molecule has 10 nitrogen and oxygen atoms in total. The molecule has 0 aliphatic heterocycles. The second-order valence-electron chi connectivity index (χ2n) is 8.71. The Morgan fingerprint density at radius 2 is 2.06 bits per heavy atom. The molecule has 0 radical (unpaired) electrons. The van der Waals surface area contributed by atoms with E-state index in [2.05, 4.69) is 30.9 Å². The van der Waals surface area contributed by atoms with Gasteiger partial charge in [-0.1, -0.05) is 6.07 Å². The van der Waals surface area contributed by atoms with Crippen LogP contribution in [0.15, 0.2) is 42.7 Å². The molecule has 1 aliphatic rings. The maximum atomic E-state index is 13.3. The van der Waals surface area contributed by atoms with E-state index in [1.54, 1.807) is 23.9 Å². The zero-order valence-electron chi connectivity index (χ0n) is 19.6. The second kappa shape index (κ2) is 8.69. The van der Waals surface area contributed by atoms with Crippen molar-refractivity contribution in [2.75, 3.05) is 12.4 Å². The molecule has 5 rings (SSSR count). The Hall–Kier alpha value is -4.08. The first-order valence-corrected chi connectivity index (χ1v) is 11.2. The minimum atomic E-state index is -0.319. The molecule has 1 fully saturated rings. The Morgan fingerprint density at radius 3 is 2.79 bits per heavy atom. The zero-order chi connectivity index (χ0) is 23.8. The van der Waals surface area contributed by atoms with E-state index in [1.807, 2.05) is 56.0 Å². The van der Waals surface area contributed by atoms with Gasteiger partial charge in [0.15, 0.2) is 0 Å². The van der Waals surface area contributed by atoms with Crippen LogP contribution in [0.25, 0.3) is 22.6 Å². The second-order valence-corrected chi connectivity index (χ2v) is 8.71. The lowest BCUT2D eigenvalue weighted by molar-refractivity contribution is 0.102. The lowest BCUT2D eigenvalue weighted by Crippen LogP contribution is -2.15. The van der Waals surface area contributed by atoms with Crippen molar-refractivity contribution in [1.82, 2.24) is 35.0 Å². The summed E-state index contributed by atoms with van der Waals surface area (Å²) in [5.41, 5.74) is 3.91. The summed E-state index contributed by atoms with van der Waals surface area (Å²) in [5.74, 6) is 1.11. The molecular weight excluding hydrogens is 432 g/mol. The van der Waals surface area contributed by atoms with Crippen LogP contribution >= 0.6 is 0 Å². The third-order valence-electron chi connectivity index (χ3n) is 5.83. The summed E-state index contributed by atoms with van der Waals surface area (Å²) in [7, 11) is 1.56. The van der Waals surface area contributed by atoms with E-state index in [0.717, 1.165) is 29.5 Å². The molecule has 1 aliphatic carbocycles. The van der Waals surface area contributed by atoms with Gasteiger partial charge in [-0.3, -0.25) is 9.48 Å². The highest BCUT2D eigenvalue weighted by atomic mass is 16.5. The Labute approximate surface area is 197 Å². The summed E-state index contributed by atoms with van der Waals surface area (Å²) in [6, 6.07) is 9.63. The molecule has 0 bridgehead atoms. The molecule has 1 saturated carbocycles. The van der Waals surface area contributed by atoms with Crippen molar-refractivity contribution in [2.45, 2.75) is 45.7 Å². The standard InChI is InChI=1S/C24H26N8O2/c1-14(2)32-23(28-29-30-32)20-6-5-7-22(26-20)27-24(33)19-11-18(15(3)10-21(19)34-4)16-12-25-31(13-16)17-8-9-17/h5-7,10-14,17H,8-9H2,1-4H3,(H,26,27,33). The molecule has 4 aromatic rings. The highest BCUT2D eigenvalue weighted by molar-refractivity contribution is 6.06. The normalized spacial score (nSPS) is 13.3. The van der Waals surface area contributed by atoms with E-state index >= 15 is 0 Å². The molecule has 0 unspecified atom stereocenters. The molecule has 34 heavy (non-hydrogen) atoms. The minimum Gasteiger partial charge on any atom is -0.496 e. The van der Waals surface area contributed by atoms with Crippen molar-refractivity contribution < 1.29 is 9.53 Å². The number of nitrogens with zero attached hydrogens (tertiary/aromatic N) is 7. The van der Waals surface area contributed by atoms with Crippen LogP contribution in [0, 0.1) is 6.92 Å². The number of amides is 1. The van der Waals surface area contributed by atoms with E-state index < -0.39 is 0 Å². The number of benzene rings is 1. The van der Waals surface area contributed by atoms with Crippen molar-refractivity contribution in [3.63, 3.8) is 0 Å². The molecule has 1 amide bonds. The van der Waals surface area contributed by atoms with Crippen molar-refractivity contribution in [3.05, 3.63) is 53.9 Å². The Morgan fingerprint density at radius 1 is 1.24 bits per heavy atom. The molecule has 1 aromatic carbocycles. The van der Waals surface area contributed by atoms with Gasteiger partial charge in [0.25, 0.3) is 5.91 Å². The number of carbonyl (C=O) groups excluding carboxylic acids is 1. The van der Waals surface area contributed by atoms with Gasteiger partial charge in [-0.2, -0.15) is 5.10 Å². The van der Waals surface area contributed by atoms with Crippen LogP contribution < -0.4 is 10.1 Å². The fraction of sp³-hybridized carbons (Fsp3) is 0.333. The average molecular weight is 459 g/mol. The number of hydrogen-bond acceptors (Lipinski definition) is 7. The van der Waals surface area contributed by atoms with E-state index in [0.29, 0.717) is 34.7 Å². The molecule has 3 heterocycles. The summed E-state index contributed by atoms with van der Waals surface area (Å²) in [4.78, 5) is 17.8. The highest BCUT2D eigenvalue weighted by Gasteiger charge is 2.25. The van der Waals surface area contributed by atoms with Crippen molar-refractivity contribution in [1.29, 1.82) is 0 Å². The van der Waals surface area contributed by atoms with Crippen LogP contribution in [0.2, 0.25) is 0 Å². The van der Waals surface area contributed by atoms with Crippen LogP contribution in [0.4, 0.5) is 5.82 Å². The number of nitrogens with one attached hydrogen (secondary N) is 1. The van der Waals surface area contributed by atoms with Gasteiger partial charge in [0.1, 0.15) is 17.3 Å². The van der Waals surface area contributed by atoms with Gasteiger partial charge in [-0.05, 0) is 79.4 Å². The zero-order valence-corrected chi connectivity index (χ0v) is 19.6. The first kappa shape index (κ1) is 21.7.